The molecule has 0 aliphatic carbocycles. The number of halogens is 4. The molecule has 0 bridgehead atoms. The standard InChI is InChI=1S/C27H32F4N6/c1-18-11-20-12-19(21-13-33-34-14-21)3-5-24(20)26(37(18)17-27(29,30)31)25-6-4-22(15-32-25)35-23-7-10-36(16-23)9-2-8-28/h3-6,12-15,18,23,26,35H,2,7-11,16-17H2,1H3,(H,33,34)/t18-,23-,26+/m1/s1. The first-order valence-corrected chi connectivity index (χ1v) is 12.8. The molecule has 2 aliphatic heterocycles. The summed E-state index contributed by atoms with van der Waals surface area (Å²) in [5.74, 6) is 0. The van der Waals surface area contributed by atoms with E-state index < -0.39 is 18.8 Å². The number of hydrogen-bond donors (Lipinski definition) is 2. The summed E-state index contributed by atoms with van der Waals surface area (Å²) in [5, 5.41) is 10.3. The second-order valence-corrected chi connectivity index (χ2v) is 10.1. The monoisotopic (exact) mass is 516 g/mol. The molecule has 10 heteroatoms. The molecule has 2 aliphatic rings. The molecule has 198 valence electrons. The van der Waals surface area contributed by atoms with Crippen molar-refractivity contribution in [3.8, 4) is 11.1 Å². The predicted molar refractivity (Wildman–Crippen MR) is 135 cm³/mol. The lowest BCUT2D eigenvalue weighted by molar-refractivity contribution is -0.155. The summed E-state index contributed by atoms with van der Waals surface area (Å²) >= 11 is 0. The Labute approximate surface area is 214 Å². The summed E-state index contributed by atoms with van der Waals surface area (Å²) in [7, 11) is 0. The zero-order valence-corrected chi connectivity index (χ0v) is 20.8. The Hall–Kier alpha value is -2.98. The zero-order valence-electron chi connectivity index (χ0n) is 20.8. The smallest absolute Gasteiger partial charge is 0.380 e. The van der Waals surface area contributed by atoms with E-state index in [1.807, 2.05) is 31.2 Å². The lowest BCUT2D eigenvalue weighted by Crippen LogP contribution is -2.47. The van der Waals surface area contributed by atoms with Gasteiger partial charge in [0.1, 0.15) is 0 Å². The number of H-pyrrole nitrogens is 1. The summed E-state index contributed by atoms with van der Waals surface area (Å²) in [5.41, 5.74) is 5.22. The van der Waals surface area contributed by atoms with E-state index >= 15 is 0 Å². The highest BCUT2D eigenvalue weighted by Crippen LogP contribution is 2.40. The molecule has 5 rings (SSSR count). The third-order valence-corrected chi connectivity index (χ3v) is 7.36. The van der Waals surface area contributed by atoms with Crippen LogP contribution in [0.2, 0.25) is 0 Å². The van der Waals surface area contributed by atoms with E-state index in [-0.39, 0.29) is 18.8 Å². The second kappa shape index (κ2) is 10.8. The topological polar surface area (TPSA) is 60.1 Å². The van der Waals surface area contributed by atoms with Gasteiger partial charge in [-0.2, -0.15) is 18.3 Å². The van der Waals surface area contributed by atoms with Crippen LogP contribution in [0.5, 0.6) is 0 Å². The third-order valence-electron chi connectivity index (χ3n) is 7.36. The second-order valence-electron chi connectivity index (χ2n) is 10.1. The fourth-order valence-corrected chi connectivity index (χ4v) is 5.61. The average molecular weight is 517 g/mol. The van der Waals surface area contributed by atoms with Crippen LogP contribution in [0, 0.1) is 0 Å². The number of benzene rings is 1. The number of fused-ring (bicyclic) bond motifs is 1. The Kier molecular flexibility index (Phi) is 7.48. The summed E-state index contributed by atoms with van der Waals surface area (Å²) in [6.45, 7) is 3.05. The zero-order chi connectivity index (χ0) is 26.0. The van der Waals surface area contributed by atoms with Crippen molar-refractivity contribution in [1.82, 2.24) is 25.0 Å². The first kappa shape index (κ1) is 25.7. The SMILES string of the molecule is C[C@@H]1Cc2cc(-c3cn[nH]c3)ccc2[C@@H](c2ccc(N[C@@H]3CCN(CCCF)C3)cn2)N1CC(F)(F)F. The van der Waals surface area contributed by atoms with E-state index in [0.717, 1.165) is 54.0 Å². The van der Waals surface area contributed by atoms with Crippen molar-refractivity contribution in [3.63, 3.8) is 0 Å². The van der Waals surface area contributed by atoms with E-state index in [0.29, 0.717) is 18.5 Å². The molecule has 0 radical (unpaired) electrons. The Morgan fingerprint density at radius 1 is 1.14 bits per heavy atom. The van der Waals surface area contributed by atoms with Crippen molar-refractivity contribution in [2.45, 2.75) is 50.5 Å². The van der Waals surface area contributed by atoms with Crippen LogP contribution in [-0.4, -0.2) is 76.1 Å². The maximum absolute atomic E-state index is 13.6. The van der Waals surface area contributed by atoms with E-state index in [2.05, 4.69) is 31.5 Å². The Morgan fingerprint density at radius 3 is 2.70 bits per heavy atom. The number of alkyl halides is 4. The van der Waals surface area contributed by atoms with Crippen molar-refractivity contribution in [2.75, 3.05) is 38.2 Å². The highest BCUT2D eigenvalue weighted by Gasteiger charge is 2.41. The Bertz CT molecular complexity index is 1160. The van der Waals surface area contributed by atoms with E-state index in [4.69, 9.17) is 0 Å². The van der Waals surface area contributed by atoms with Gasteiger partial charge in [0, 0.05) is 43.5 Å². The van der Waals surface area contributed by atoms with Gasteiger partial charge in [0.25, 0.3) is 0 Å². The molecule has 3 aromatic rings. The van der Waals surface area contributed by atoms with Crippen LogP contribution in [0.3, 0.4) is 0 Å². The van der Waals surface area contributed by atoms with E-state index in [1.54, 1.807) is 18.6 Å². The molecule has 2 N–H and O–H groups in total. The molecule has 0 amide bonds. The Morgan fingerprint density at radius 2 is 2.00 bits per heavy atom. The maximum Gasteiger partial charge on any atom is 0.401 e. The largest absolute Gasteiger partial charge is 0.401 e. The minimum absolute atomic E-state index is 0.241. The van der Waals surface area contributed by atoms with E-state index in [9.17, 15) is 17.6 Å². The summed E-state index contributed by atoms with van der Waals surface area (Å²) < 4.78 is 53.3. The summed E-state index contributed by atoms with van der Waals surface area (Å²) in [6, 6.07) is 8.97. The lowest BCUT2D eigenvalue weighted by Gasteiger charge is -2.42. The maximum atomic E-state index is 13.6. The van der Waals surface area contributed by atoms with Crippen molar-refractivity contribution < 1.29 is 17.6 Å². The Balaban J connectivity index is 1.39. The highest BCUT2D eigenvalue weighted by molar-refractivity contribution is 5.64. The van der Waals surface area contributed by atoms with Gasteiger partial charge in [-0.3, -0.25) is 19.4 Å². The quantitative estimate of drug-likeness (QED) is 0.403. The minimum Gasteiger partial charge on any atom is -0.380 e. The van der Waals surface area contributed by atoms with Crippen LogP contribution < -0.4 is 5.32 Å². The molecule has 37 heavy (non-hydrogen) atoms. The summed E-state index contributed by atoms with van der Waals surface area (Å²) in [6.07, 6.45) is 2.96. The fourth-order valence-electron chi connectivity index (χ4n) is 5.61. The van der Waals surface area contributed by atoms with Gasteiger partial charge in [0.15, 0.2) is 0 Å². The molecular weight excluding hydrogens is 484 g/mol. The van der Waals surface area contributed by atoms with Gasteiger partial charge in [-0.25, -0.2) is 0 Å². The van der Waals surface area contributed by atoms with Gasteiger partial charge in [-0.1, -0.05) is 18.2 Å². The van der Waals surface area contributed by atoms with Gasteiger partial charge in [-0.05, 0) is 55.0 Å². The van der Waals surface area contributed by atoms with Gasteiger partial charge in [-0.15, -0.1) is 0 Å². The number of anilines is 1. The lowest BCUT2D eigenvalue weighted by atomic mass is 9.85. The number of pyridine rings is 1. The van der Waals surface area contributed by atoms with Crippen LogP contribution in [0.15, 0.2) is 48.9 Å². The van der Waals surface area contributed by atoms with Crippen LogP contribution in [0.1, 0.15) is 42.6 Å². The highest BCUT2D eigenvalue weighted by atomic mass is 19.4. The molecule has 2 aromatic heterocycles. The molecule has 1 aromatic carbocycles. The predicted octanol–water partition coefficient (Wildman–Crippen LogP) is 5.22. The van der Waals surface area contributed by atoms with Crippen LogP contribution >= 0.6 is 0 Å². The van der Waals surface area contributed by atoms with Gasteiger partial charge < -0.3 is 10.2 Å². The molecule has 0 spiro atoms. The molecule has 1 fully saturated rings. The minimum atomic E-state index is -4.32. The molecule has 3 atom stereocenters. The average Bonchev–Trinajstić information content (AvgIpc) is 3.55. The van der Waals surface area contributed by atoms with Gasteiger partial charge >= 0.3 is 6.18 Å². The van der Waals surface area contributed by atoms with Crippen LogP contribution in [0.4, 0.5) is 23.2 Å². The number of likely N-dealkylation sites (tertiary alicyclic amines) is 1. The fraction of sp³-hybridized carbons (Fsp3) is 0.481. The third kappa shape index (κ3) is 5.96. The van der Waals surface area contributed by atoms with Crippen molar-refractivity contribution in [3.05, 3.63) is 65.7 Å². The number of rotatable bonds is 8. The van der Waals surface area contributed by atoms with Gasteiger partial charge in [0.2, 0.25) is 0 Å². The number of hydrogen-bond acceptors (Lipinski definition) is 5. The molecule has 4 heterocycles. The molecule has 0 saturated carbocycles. The normalized spacial score (nSPS) is 22.8. The van der Waals surface area contributed by atoms with Crippen molar-refractivity contribution in [1.29, 1.82) is 0 Å². The molecule has 0 unspecified atom stereocenters. The van der Waals surface area contributed by atoms with Gasteiger partial charge in [0.05, 0.1) is 43.0 Å². The number of aromatic amines is 1. The van der Waals surface area contributed by atoms with E-state index in [1.165, 1.54) is 4.90 Å². The molecular formula is C27H32F4N6. The molecule has 1 saturated heterocycles. The van der Waals surface area contributed by atoms with Crippen molar-refractivity contribution >= 4 is 5.69 Å². The van der Waals surface area contributed by atoms with Crippen molar-refractivity contribution in [2.24, 2.45) is 0 Å². The number of nitrogens with one attached hydrogen (secondary N) is 2. The first-order valence-electron chi connectivity index (χ1n) is 12.8. The number of aromatic nitrogens is 3. The summed E-state index contributed by atoms with van der Waals surface area (Å²) in [4.78, 5) is 8.40. The first-order chi connectivity index (χ1) is 17.8. The van der Waals surface area contributed by atoms with Crippen LogP contribution in [-0.2, 0) is 6.42 Å². The van der Waals surface area contributed by atoms with Crippen LogP contribution in [0.25, 0.3) is 11.1 Å². The molecule has 6 nitrogen and oxygen atoms in total. The number of nitrogens with zero attached hydrogens (tertiary/aromatic N) is 4.